The zero-order chi connectivity index (χ0) is 9.35. The van der Waals surface area contributed by atoms with Gasteiger partial charge in [0.1, 0.15) is 8.24 Å². The fourth-order valence-corrected chi connectivity index (χ4v) is 5.65. The molecule has 0 aromatic rings. The molecule has 1 aliphatic rings. The lowest BCUT2D eigenvalue weighted by Crippen LogP contribution is -2.57. The van der Waals surface area contributed by atoms with E-state index in [2.05, 4.69) is 38.1 Å². The quantitative estimate of drug-likeness (QED) is 0.568. The van der Waals surface area contributed by atoms with E-state index in [0.29, 0.717) is 0 Å². The molecule has 0 amide bonds. The van der Waals surface area contributed by atoms with E-state index in [0.717, 1.165) is 12.1 Å². The third-order valence-electron chi connectivity index (χ3n) is 2.97. The molecular weight excluding hydrogens is 162 g/mol. The van der Waals surface area contributed by atoms with Crippen LogP contribution >= 0.6 is 0 Å². The summed E-state index contributed by atoms with van der Waals surface area (Å²) in [5.41, 5.74) is 0. The summed E-state index contributed by atoms with van der Waals surface area (Å²) in [4.78, 5) is 0. The highest BCUT2D eigenvalue weighted by molar-refractivity contribution is 6.73. The van der Waals surface area contributed by atoms with Crippen LogP contribution < -0.4 is 0 Å². The summed E-state index contributed by atoms with van der Waals surface area (Å²) in [6, 6.07) is 1.67. The summed E-state index contributed by atoms with van der Waals surface area (Å²) in [7, 11) is -1.05. The molecule has 1 aliphatic heterocycles. The summed E-state index contributed by atoms with van der Waals surface area (Å²) in [6.07, 6.45) is 4.26. The van der Waals surface area contributed by atoms with E-state index < -0.39 is 8.24 Å². The van der Waals surface area contributed by atoms with Crippen LogP contribution in [0.15, 0.2) is 0 Å². The highest BCUT2D eigenvalue weighted by atomic mass is 28.3. The monoisotopic (exact) mass is 185 g/mol. The first kappa shape index (κ1) is 10.3. The number of hydrogen-bond donors (Lipinski definition) is 0. The second-order valence-corrected chi connectivity index (χ2v) is 10.1. The van der Waals surface area contributed by atoms with Gasteiger partial charge in [0.25, 0.3) is 0 Å². The first-order valence-corrected chi connectivity index (χ1v) is 8.66. The number of rotatable bonds is 1. The van der Waals surface area contributed by atoms with Crippen molar-refractivity contribution in [1.29, 1.82) is 0 Å². The van der Waals surface area contributed by atoms with Crippen LogP contribution in [0, 0.1) is 0 Å². The average Bonchev–Trinajstić information content (AvgIpc) is 1.82. The second kappa shape index (κ2) is 3.50. The van der Waals surface area contributed by atoms with Crippen LogP contribution in [0.5, 0.6) is 0 Å². The molecule has 0 saturated carbocycles. The molecule has 0 aliphatic carbocycles. The Hall–Kier alpha value is 0.177. The third kappa shape index (κ3) is 2.11. The van der Waals surface area contributed by atoms with Gasteiger partial charge in [-0.3, -0.25) is 0 Å². The summed E-state index contributed by atoms with van der Waals surface area (Å²) < 4.78 is 2.80. The van der Waals surface area contributed by atoms with Crippen LogP contribution in [0.1, 0.15) is 33.1 Å². The molecule has 2 unspecified atom stereocenters. The molecule has 1 fully saturated rings. The van der Waals surface area contributed by atoms with Crippen molar-refractivity contribution in [3.63, 3.8) is 0 Å². The molecule has 0 aromatic carbocycles. The van der Waals surface area contributed by atoms with Crippen molar-refractivity contribution >= 4 is 8.24 Å². The van der Waals surface area contributed by atoms with Crippen molar-refractivity contribution in [2.75, 3.05) is 0 Å². The van der Waals surface area contributed by atoms with Gasteiger partial charge in [0, 0.05) is 12.1 Å². The highest BCUT2D eigenvalue weighted by Crippen LogP contribution is 2.27. The lowest BCUT2D eigenvalue weighted by atomic mass is 10.0. The molecular formula is C10H23NSi. The minimum absolute atomic E-state index is 0.834. The second-order valence-electron chi connectivity index (χ2n) is 5.21. The van der Waals surface area contributed by atoms with Crippen LogP contribution in [0.2, 0.25) is 19.6 Å². The molecule has 1 heterocycles. The van der Waals surface area contributed by atoms with E-state index >= 15 is 0 Å². The van der Waals surface area contributed by atoms with Gasteiger partial charge in [-0.05, 0) is 12.8 Å². The Bertz CT molecular complexity index is 140. The zero-order valence-corrected chi connectivity index (χ0v) is 10.2. The largest absolute Gasteiger partial charge is 0.319 e. The van der Waals surface area contributed by atoms with Crippen molar-refractivity contribution in [1.82, 2.24) is 4.57 Å². The predicted octanol–water partition coefficient (Wildman–Crippen LogP) is 3.08. The van der Waals surface area contributed by atoms with Gasteiger partial charge in [-0.1, -0.05) is 39.9 Å². The Labute approximate surface area is 78.2 Å². The van der Waals surface area contributed by atoms with Crippen LogP contribution in [0.4, 0.5) is 0 Å². The van der Waals surface area contributed by atoms with Crippen LogP contribution in [0.3, 0.4) is 0 Å². The summed E-state index contributed by atoms with van der Waals surface area (Å²) in [5.74, 6) is 0. The van der Waals surface area contributed by atoms with Crippen molar-refractivity contribution in [3.8, 4) is 0 Å². The number of hydrogen-bond acceptors (Lipinski definition) is 1. The molecule has 0 aromatic heterocycles. The first-order valence-electron chi connectivity index (χ1n) is 5.21. The van der Waals surface area contributed by atoms with Crippen molar-refractivity contribution in [2.24, 2.45) is 0 Å². The zero-order valence-electron chi connectivity index (χ0n) is 9.22. The Morgan fingerprint density at radius 2 is 1.42 bits per heavy atom. The number of piperidine rings is 1. The summed E-state index contributed by atoms with van der Waals surface area (Å²) in [5, 5.41) is 0. The van der Waals surface area contributed by atoms with E-state index in [1.807, 2.05) is 0 Å². The van der Waals surface area contributed by atoms with Crippen LogP contribution in [-0.2, 0) is 0 Å². The van der Waals surface area contributed by atoms with Gasteiger partial charge in [0.2, 0.25) is 0 Å². The van der Waals surface area contributed by atoms with Gasteiger partial charge in [-0.25, -0.2) is 0 Å². The average molecular weight is 185 g/mol. The molecule has 1 saturated heterocycles. The molecule has 2 atom stereocenters. The fraction of sp³-hybridized carbons (Fsp3) is 1.00. The SMILES string of the molecule is CC1CCCC(C)N1[Si](C)(C)C. The maximum absolute atomic E-state index is 2.80. The molecule has 72 valence electrons. The maximum atomic E-state index is 2.80. The van der Waals surface area contributed by atoms with Gasteiger partial charge in [-0.15, -0.1) is 0 Å². The standard InChI is InChI=1S/C10H23NSi/c1-9-7-6-8-10(2)11(9)12(3,4)5/h9-10H,6-8H2,1-5H3. The minimum Gasteiger partial charge on any atom is -0.319 e. The lowest BCUT2D eigenvalue weighted by Gasteiger charge is -2.46. The van der Waals surface area contributed by atoms with Crippen molar-refractivity contribution in [2.45, 2.75) is 64.8 Å². The van der Waals surface area contributed by atoms with Gasteiger partial charge in [0.05, 0.1) is 0 Å². The molecule has 0 radical (unpaired) electrons. The molecule has 12 heavy (non-hydrogen) atoms. The van der Waals surface area contributed by atoms with Gasteiger partial charge in [0.15, 0.2) is 0 Å². The lowest BCUT2D eigenvalue weighted by molar-refractivity contribution is 0.195. The molecule has 2 heteroatoms. The van der Waals surface area contributed by atoms with E-state index in [1.165, 1.54) is 19.3 Å². The Morgan fingerprint density at radius 1 is 1.00 bits per heavy atom. The van der Waals surface area contributed by atoms with Crippen molar-refractivity contribution in [3.05, 3.63) is 0 Å². The van der Waals surface area contributed by atoms with Gasteiger partial charge in [-0.2, -0.15) is 0 Å². The summed E-state index contributed by atoms with van der Waals surface area (Å²) >= 11 is 0. The Morgan fingerprint density at radius 3 is 1.67 bits per heavy atom. The normalized spacial score (nSPS) is 33.8. The van der Waals surface area contributed by atoms with Crippen LogP contribution in [0.25, 0.3) is 0 Å². The molecule has 1 nitrogen and oxygen atoms in total. The molecule has 0 bridgehead atoms. The van der Waals surface area contributed by atoms with E-state index in [4.69, 9.17) is 0 Å². The number of nitrogens with zero attached hydrogens (tertiary/aromatic N) is 1. The van der Waals surface area contributed by atoms with Gasteiger partial charge < -0.3 is 4.57 Å². The highest BCUT2D eigenvalue weighted by Gasteiger charge is 2.34. The third-order valence-corrected chi connectivity index (χ3v) is 5.40. The fourth-order valence-electron chi connectivity index (χ4n) is 2.74. The Balaban J connectivity index is 2.69. The maximum Gasteiger partial charge on any atom is 0.119 e. The minimum atomic E-state index is -1.05. The smallest absolute Gasteiger partial charge is 0.119 e. The van der Waals surface area contributed by atoms with Crippen molar-refractivity contribution < 1.29 is 0 Å². The Kier molecular flexibility index (Phi) is 3.00. The first-order chi connectivity index (χ1) is 5.43. The van der Waals surface area contributed by atoms with Crippen LogP contribution in [-0.4, -0.2) is 24.9 Å². The molecule has 0 spiro atoms. The predicted molar refractivity (Wildman–Crippen MR) is 58.0 cm³/mol. The molecule has 1 rings (SSSR count). The van der Waals surface area contributed by atoms with E-state index in [-0.39, 0.29) is 0 Å². The molecule has 0 N–H and O–H groups in total. The summed E-state index contributed by atoms with van der Waals surface area (Å²) in [6.45, 7) is 12.2. The van der Waals surface area contributed by atoms with Gasteiger partial charge >= 0.3 is 0 Å². The van der Waals surface area contributed by atoms with E-state index in [1.54, 1.807) is 0 Å². The topological polar surface area (TPSA) is 3.24 Å². The van der Waals surface area contributed by atoms with E-state index in [9.17, 15) is 0 Å².